The highest BCUT2D eigenvalue weighted by Crippen LogP contribution is 2.17. The van der Waals surface area contributed by atoms with Crippen molar-refractivity contribution in [1.82, 2.24) is 14.5 Å². The molecule has 1 amide bonds. The summed E-state index contributed by atoms with van der Waals surface area (Å²) in [5, 5.41) is 0. The van der Waals surface area contributed by atoms with E-state index >= 15 is 0 Å². The molecule has 3 aromatic rings. The Morgan fingerprint density at radius 3 is 2.04 bits per heavy atom. The lowest BCUT2D eigenvalue weighted by molar-refractivity contribution is 0.0741. The van der Waals surface area contributed by atoms with Crippen LogP contribution in [-0.4, -0.2) is 46.5 Å². The lowest BCUT2D eigenvalue weighted by atomic mass is 10.2. The summed E-state index contributed by atoms with van der Waals surface area (Å²) in [6.07, 6.45) is 3.50. The van der Waals surface area contributed by atoms with E-state index in [1.54, 1.807) is 12.5 Å². The first-order chi connectivity index (χ1) is 12.3. The summed E-state index contributed by atoms with van der Waals surface area (Å²) >= 11 is 0. The van der Waals surface area contributed by atoms with E-state index in [-0.39, 0.29) is 5.91 Å². The van der Waals surface area contributed by atoms with Gasteiger partial charge in [-0.15, -0.1) is 0 Å². The van der Waals surface area contributed by atoms with Gasteiger partial charge in [0.2, 0.25) is 0 Å². The average Bonchev–Trinajstić information content (AvgIpc) is 3.19. The smallest absolute Gasteiger partial charge is 0.274 e. The molecule has 2 heterocycles. The third-order valence-electron chi connectivity index (χ3n) is 4.54. The number of hydrogen-bond acceptors (Lipinski definition) is 3. The third kappa shape index (κ3) is 3.26. The van der Waals surface area contributed by atoms with Crippen LogP contribution in [0.1, 0.15) is 10.5 Å². The largest absolute Gasteiger partial charge is 0.368 e. The number of benzene rings is 2. The van der Waals surface area contributed by atoms with Gasteiger partial charge in [-0.05, 0) is 24.3 Å². The second-order valence-corrected chi connectivity index (χ2v) is 6.12. The van der Waals surface area contributed by atoms with Gasteiger partial charge in [-0.2, -0.15) is 0 Å². The van der Waals surface area contributed by atoms with Gasteiger partial charge >= 0.3 is 0 Å². The van der Waals surface area contributed by atoms with Crippen LogP contribution in [0.3, 0.4) is 0 Å². The summed E-state index contributed by atoms with van der Waals surface area (Å²) in [5.74, 6) is 0.00222. The van der Waals surface area contributed by atoms with Gasteiger partial charge in [0.1, 0.15) is 12.0 Å². The van der Waals surface area contributed by atoms with E-state index in [0.29, 0.717) is 18.8 Å². The van der Waals surface area contributed by atoms with Crippen LogP contribution < -0.4 is 4.90 Å². The molecule has 0 aliphatic carbocycles. The summed E-state index contributed by atoms with van der Waals surface area (Å²) in [6.45, 7) is 3.11. The lowest BCUT2D eigenvalue weighted by Crippen LogP contribution is -2.48. The summed E-state index contributed by atoms with van der Waals surface area (Å²) in [6, 6.07) is 20.2. The molecule has 1 aliphatic rings. The van der Waals surface area contributed by atoms with E-state index in [0.717, 1.165) is 18.8 Å². The fourth-order valence-electron chi connectivity index (χ4n) is 3.14. The van der Waals surface area contributed by atoms with Gasteiger partial charge < -0.3 is 14.4 Å². The first-order valence-electron chi connectivity index (χ1n) is 8.50. The Kier molecular flexibility index (Phi) is 4.21. The molecule has 2 aromatic carbocycles. The molecule has 0 unspecified atom stereocenters. The van der Waals surface area contributed by atoms with Gasteiger partial charge in [0.25, 0.3) is 5.91 Å². The van der Waals surface area contributed by atoms with Crippen LogP contribution in [-0.2, 0) is 0 Å². The van der Waals surface area contributed by atoms with Crippen molar-refractivity contribution < 1.29 is 4.79 Å². The van der Waals surface area contributed by atoms with Crippen LogP contribution in [0, 0.1) is 0 Å². The minimum atomic E-state index is 0.00222. The molecule has 1 aromatic heterocycles. The van der Waals surface area contributed by atoms with Gasteiger partial charge in [-0.3, -0.25) is 4.79 Å². The zero-order valence-electron chi connectivity index (χ0n) is 14.0. The van der Waals surface area contributed by atoms with Crippen LogP contribution in [0.15, 0.2) is 73.2 Å². The zero-order chi connectivity index (χ0) is 17.1. The second kappa shape index (κ2) is 6.81. The SMILES string of the molecule is O=C(c1cn(-c2ccccc2)cn1)N1CCN(c2ccccc2)CC1. The van der Waals surface area contributed by atoms with Crippen LogP contribution in [0.2, 0.25) is 0 Å². The number of hydrogen-bond donors (Lipinski definition) is 0. The van der Waals surface area contributed by atoms with Gasteiger partial charge in [0, 0.05) is 43.8 Å². The number of para-hydroxylation sites is 2. The molecule has 1 fully saturated rings. The monoisotopic (exact) mass is 332 g/mol. The fraction of sp³-hybridized carbons (Fsp3) is 0.200. The molecule has 0 atom stereocenters. The maximum absolute atomic E-state index is 12.7. The first-order valence-corrected chi connectivity index (χ1v) is 8.50. The second-order valence-electron chi connectivity index (χ2n) is 6.12. The van der Waals surface area contributed by atoms with Crippen LogP contribution in [0.5, 0.6) is 0 Å². The Morgan fingerprint density at radius 2 is 1.40 bits per heavy atom. The number of amides is 1. The lowest BCUT2D eigenvalue weighted by Gasteiger charge is -2.35. The van der Waals surface area contributed by atoms with Gasteiger partial charge in [0.15, 0.2) is 0 Å². The van der Waals surface area contributed by atoms with Crippen LogP contribution in [0.25, 0.3) is 5.69 Å². The minimum absolute atomic E-state index is 0.00222. The maximum Gasteiger partial charge on any atom is 0.274 e. The highest BCUT2D eigenvalue weighted by atomic mass is 16.2. The Bertz CT molecular complexity index is 836. The molecule has 0 saturated carbocycles. The number of carbonyl (C=O) groups is 1. The van der Waals surface area contributed by atoms with Crippen molar-refractivity contribution in [3.05, 3.63) is 78.9 Å². The Morgan fingerprint density at radius 1 is 0.800 bits per heavy atom. The molecule has 0 bridgehead atoms. The van der Waals surface area contributed by atoms with Gasteiger partial charge in [-0.25, -0.2) is 4.98 Å². The van der Waals surface area contributed by atoms with E-state index in [2.05, 4.69) is 22.0 Å². The van der Waals surface area contributed by atoms with Gasteiger partial charge in [-0.1, -0.05) is 36.4 Å². The summed E-state index contributed by atoms with van der Waals surface area (Å²) < 4.78 is 1.88. The van der Waals surface area contributed by atoms with Crippen molar-refractivity contribution in [3.8, 4) is 5.69 Å². The quantitative estimate of drug-likeness (QED) is 0.741. The van der Waals surface area contributed by atoms with E-state index < -0.39 is 0 Å². The van der Waals surface area contributed by atoms with Crippen LogP contribution >= 0.6 is 0 Å². The first kappa shape index (κ1) is 15.4. The molecule has 4 rings (SSSR count). The van der Waals surface area contributed by atoms with Crippen molar-refractivity contribution in [2.24, 2.45) is 0 Å². The van der Waals surface area contributed by atoms with Crippen LogP contribution in [0.4, 0.5) is 5.69 Å². The molecule has 0 spiro atoms. The molecule has 1 aliphatic heterocycles. The number of nitrogens with zero attached hydrogens (tertiary/aromatic N) is 4. The van der Waals surface area contributed by atoms with Crippen molar-refractivity contribution in [2.75, 3.05) is 31.1 Å². The molecular weight excluding hydrogens is 312 g/mol. The number of imidazole rings is 1. The molecule has 5 heteroatoms. The minimum Gasteiger partial charge on any atom is -0.368 e. The Labute approximate surface area is 147 Å². The summed E-state index contributed by atoms with van der Waals surface area (Å²) in [5.41, 5.74) is 2.71. The molecule has 1 saturated heterocycles. The van der Waals surface area contributed by atoms with Crippen molar-refractivity contribution >= 4 is 11.6 Å². The predicted molar refractivity (Wildman–Crippen MR) is 98.1 cm³/mol. The number of rotatable bonds is 3. The topological polar surface area (TPSA) is 41.4 Å². The number of carbonyl (C=O) groups excluding carboxylic acids is 1. The van der Waals surface area contributed by atoms with Crippen molar-refractivity contribution in [2.45, 2.75) is 0 Å². The van der Waals surface area contributed by atoms with E-state index in [4.69, 9.17) is 0 Å². The highest BCUT2D eigenvalue weighted by Gasteiger charge is 2.23. The number of anilines is 1. The normalized spacial score (nSPS) is 14.6. The van der Waals surface area contributed by atoms with Crippen molar-refractivity contribution in [3.63, 3.8) is 0 Å². The fourth-order valence-corrected chi connectivity index (χ4v) is 3.14. The Balaban J connectivity index is 1.42. The average molecular weight is 332 g/mol. The summed E-state index contributed by atoms with van der Waals surface area (Å²) in [4.78, 5) is 21.2. The zero-order valence-corrected chi connectivity index (χ0v) is 14.0. The molecule has 0 N–H and O–H groups in total. The third-order valence-corrected chi connectivity index (χ3v) is 4.54. The van der Waals surface area contributed by atoms with E-state index in [9.17, 15) is 4.79 Å². The van der Waals surface area contributed by atoms with Crippen molar-refractivity contribution in [1.29, 1.82) is 0 Å². The standard InChI is InChI=1S/C20H20N4O/c25-20(19-15-24(16-21-19)18-9-5-2-6-10-18)23-13-11-22(12-14-23)17-7-3-1-4-8-17/h1-10,15-16H,11-14H2. The number of piperazine rings is 1. The molecule has 126 valence electrons. The molecule has 0 radical (unpaired) electrons. The molecule has 25 heavy (non-hydrogen) atoms. The Hall–Kier alpha value is -3.08. The van der Waals surface area contributed by atoms with E-state index in [1.807, 2.05) is 58.0 Å². The summed E-state index contributed by atoms with van der Waals surface area (Å²) in [7, 11) is 0. The van der Waals surface area contributed by atoms with Gasteiger partial charge in [0.05, 0.1) is 0 Å². The van der Waals surface area contributed by atoms with E-state index in [1.165, 1.54) is 5.69 Å². The predicted octanol–water partition coefficient (Wildman–Crippen LogP) is 2.83. The number of aromatic nitrogens is 2. The molecule has 5 nitrogen and oxygen atoms in total. The highest BCUT2D eigenvalue weighted by molar-refractivity contribution is 5.92. The maximum atomic E-state index is 12.7. The molecular formula is C20H20N4O.